The van der Waals surface area contributed by atoms with Crippen molar-refractivity contribution in [3.63, 3.8) is 0 Å². The number of fused-ring (bicyclic) bond motifs is 1. The lowest BCUT2D eigenvalue weighted by Crippen LogP contribution is -2.44. The Morgan fingerprint density at radius 1 is 0.971 bits per heavy atom. The van der Waals surface area contributed by atoms with E-state index in [-0.39, 0.29) is 12.5 Å². The number of rotatable bonds is 5. The zero-order chi connectivity index (χ0) is 23.7. The molecule has 1 amide bonds. The van der Waals surface area contributed by atoms with Gasteiger partial charge in [0, 0.05) is 56.6 Å². The monoisotopic (exact) mass is 457 g/mol. The van der Waals surface area contributed by atoms with Gasteiger partial charge in [0.2, 0.25) is 0 Å². The number of hydrogen-bond acceptors (Lipinski definition) is 7. The summed E-state index contributed by atoms with van der Waals surface area (Å²) in [6.07, 6.45) is 5.09. The highest BCUT2D eigenvalue weighted by molar-refractivity contribution is 6.04. The second-order valence-corrected chi connectivity index (χ2v) is 8.57. The zero-order valence-corrected chi connectivity index (χ0v) is 19.3. The van der Waals surface area contributed by atoms with Crippen LogP contribution in [0, 0.1) is 0 Å². The first kappa shape index (κ1) is 22.0. The fraction of sp³-hybridized carbons (Fsp3) is 0.280. The average molecular weight is 458 g/mol. The fourth-order valence-electron chi connectivity index (χ4n) is 4.20. The number of aryl methyl sites for hydroxylation is 1. The summed E-state index contributed by atoms with van der Waals surface area (Å²) >= 11 is 0. The van der Waals surface area contributed by atoms with Gasteiger partial charge in [-0.2, -0.15) is 5.10 Å². The van der Waals surface area contributed by atoms with Gasteiger partial charge in [-0.15, -0.1) is 0 Å². The first-order valence-electron chi connectivity index (χ1n) is 11.2. The lowest BCUT2D eigenvalue weighted by Gasteiger charge is -2.33. The molecule has 0 spiro atoms. The Balaban J connectivity index is 1.33. The third kappa shape index (κ3) is 4.35. The summed E-state index contributed by atoms with van der Waals surface area (Å²) in [6, 6.07) is 11.5. The van der Waals surface area contributed by atoms with Crippen LogP contribution < -0.4 is 10.2 Å². The van der Waals surface area contributed by atoms with Gasteiger partial charge < -0.3 is 20.2 Å². The van der Waals surface area contributed by atoms with E-state index in [0.717, 1.165) is 59.6 Å². The Bertz CT molecular complexity index is 1330. The second kappa shape index (κ2) is 9.20. The highest BCUT2D eigenvalue weighted by Gasteiger charge is 2.16. The maximum absolute atomic E-state index is 12.8. The summed E-state index contributed by atoms with van der Waals surface area (Å²) in [5.74, 6) is 1.10. The summed E-state index contributed by atoms with van der Waals surface area (Å²) in [4.78, 5) is 26.2. The van der Waals surface area contributed by atoms with E-state index in [2.05, 4.69) is 37.2 Å². The topological polar surface area (TPSA) is 99.4 Å². The molecule has 1 fully saturated rings. The van der Waals surface area contributed by atoms with E-state index in [4.69, 9.17) is 0 Å². The molecular weight excluding hydrogens is 430 g/mol. The number of benzene rings is 1. The van der Waals surface area contributed by atoms with E-state index in [1.807, 2.05) is 30.3 Å². The van der Waals surface area contributed by atoms with Crippen LogP contribution >= 0.6 is 0 Å². The van der Waals surface area contributed by atoms with Crippen LogP contribution in [0.5, 0.6) is 0 Å². The van der Waals surface area contributed by atoms with Crippen LogP contribution in [0.4, 0.5) is 11.6 Å². The number of nitrogens with one attached hydrogen (secondary N) is 1. The minimum Gasteiger partial charge on any atom is -0.390 e. The predicted octanol–water partition coefficient (Wildman–Crippen LogP) is 2.53. The Hall–Kier alpha value is -3.82. The highest BCUT2D eigenvalue weighted by Crippen LogP contribution is 2.28. The number of aromatic nitrogens is 4. The van der Waals surface area contributed by atoms with Crippen molar-refractivity contribution in [2.75, 3.05) is 43.4 Å². The molecule has 1 aliphatic heterocycles. The third-order valence-corrected chi connectivity index (χ3v) is 6.32. The van der Waals surface area contributed by atoms with Gasteiger partial charge >= 0.3 is 0 Å². The Morgan fingerprint density at radius 2 is 1.79 bits per heavy atom. The quantitative estimate of drug-likeness (QED) is 0.475. The van der Waals surface area contributed by atoms with Crippen molar-refractivity contribution in [2.24, 2.45) is 7.05 Å². The molecule has 4 heterocycles. The highest BCUT2D eigenvalue weighted by atomic mass is 16.3. The predicted molar refractivity (Wildman–Crippen MR) is 132 cm³/mol. The number of aliphatic hydroxyl groups excluding tert-OH is 1. The first-order valence-corrected chi connectivity index (χ1v) is 11.2. The first-order chi connectivity index (χ1) is 16.5. The van der Waals surface area contributed by atoms with E-state index in [1.165, 1.54) is 0 Å². The van der Waals surface area contributed by atoms with Crippen molar-refractivity contribution < 1.29 is 9.90 Å². The van der Waals surface area contributed by atoms with Crippen LogP contribution in [-0.2, 0) is 13.7 Å². The lowest BCUT2D eigenvalue weighted by molar-refractivity contribution is 0.102. The molecule has 3 aromatic heterocycles. The molecule has 5 rings (SSSR count). The van der Waals surface area contributed by atoms with Gasteiger partial charge in [-0.1, -0.05) is 12.1 Å². The van der Waals surface area contributed by atoms with Crippen molar-refractivity contribution >= 4 is 28.3 Å². The molecule has 0 atom stereocenters. The molecule has 0 saturated carbocycles. The fourth-order valence-corrected chi connectivity index (χ4v) is 4.20. The summed E-state index contributed by atoms with van der Waals surface area (Å²) in [6.45, 7) is 3.76. The largest absolute Gasteiger partial charge is 0.390 e. The van der Waals surface area contributed by atoms with Gasteiger partial charge in [0.1, 0.15) is 11.6 Å². The molecule has 2 N–H and O–H groups in total. The lowest BCUT2D eigenvalue weighted by atomic mass is 10.0. The van der Waals surface area contributed by atoms with Gasteiger partial charge in [-0.3, -0.25) is 9.48 Å². The Kier molecular flexibility index (Phi) is 5.95. The van der Waals surface area contributed by atoms with Crippen molar-refractivity contribution in [1.29, 1.82) is 0 Å². The van der Waals surface area contributed by atoms with Crippen LogP contribution in [-0.4, -0.2) is 68.9 Å². The molecule has 4 aromatic rings. The molecule has 1 saturated heterocycles. The Labute approximate surface area is 197 Å². The molecule has 1 aliphatic rings. The number of amides is 1. The summed E-state index contributed by atoms with van der Waals surface area (Å²) < 4.78 is 1.67. The number of piperazine rings is 1. The molecule has 174 valence electrons. The maximum atomic E-state index is 12.8. The van der Waals surface area contributed by atoms with E-state index >= 15 is 0 Å². The molecule has 0 bridgehead atoms. The second-order valence-electron chi connectivity index (χ2n) is 8.57. The van der Waals surface area contributed by atoms with Gasteiger partial charge in [0.15, 0.2) is 0 Å². The Morgan fingerprint density at radius 3 is 2.53 bits per heavy atom. The van der Waals surface area contributed by atoms with Gasteiger partial charge in [-0.25, -0.2) is 9.97 Å². The molecule has 1 aromatic carbocycles. The summed E-state index contributed by atoms with van der Waals surface area (Å²) in [5, 5.41) is 18.7. The van der Waals surface area contributed by atoms with Crippen molar-refractivity contribution in [1.82, 2.24) is 24.6 Å². The van der Waals surface area contributed by atoms with E-state index < -0.39 is 0 Å². The number of pyridine rings is 2. The van der Waals surface area contributed by atoms with Crippen molar-refractivity contribution in [3.05, 3.63) is 66.2 Å². The molecule has 0 radical (unpaired) electrons. The number of carbonyl (C=O) groups is 1. The van der Waals surface area contributed by atoms with Gasteiger partial charge in [0.25, 0.3) is 5.91 Å². The van der Waals surface area contributed by atoms with Crippen LogP contribution in [0.3, 0.4) is 0 Å². The number of likely N-dealkylation sites (N-methyl/N-ethyl adjacent to an activating group) is 1. The number of anilines is 2. The average Bonchev–Trinajstić information content (AvgIpc) is 3.24. The molecule has 0 aliphatic carbocycles. The number of aliphatic hydroxyl groups is 1. The van der Waals surface area contributed by atoms with Crippen LogP contribution in [0.25, 0.3) is 21.9 Å². The van der Waals surface area contributed by atoms with E-state index in [0.29, 0.717) is 11.4 Å². The minimum atomic E-state index is -0.254. The molecule has 0 unspecified atom stereocenters. The minimum absolute atomic E-state index is 0.0941. The number of nitrogens with zero attached hydrogens (tertiary/aromatic N) is 6. The van der Waals surface area contributed by atoms with E-state index in [1.54, 1.807) is 36.4 Å². The van der Waals surface area contributed by atoms with Crippen LogP contribution in [0.15, 0.2) is 55.0 Å². The molecule has 9 heteroatoms. The van der Waals surface area contributed by atoms with Crippen LogP contribution in [0.2, 0.25) is 0 Å². The van der Waals surface area contributed by atoms with Crippen LogP contribution in [0.1, 0.15) is 16.1 Å². The van der Waals surface area contributed by atoms with Crippen molar-refractivity contribution in [2.45, 2.75) is 6.61 Å². The van der Waals surface area contributed by atoms with Gasteiger partial charge in [-0.05, 0) is 42.3 Å². The molecule has 34 heavy (non-hydrogen) atoms. The number of hydrogen-bond donors (Lipinski definition) is 2. The molecular formula is C25H27N7O2. The van der Waals surface area contributed by atoms with Gasteiger partial charge in [0.05, 0.1) is 24.1 Å². The standard InChI is InChI=1S/C25H27N7O2/c1-30-7-9-32(10-8-30)24-6-5-19(14-27-24)25(34)29-23-12-20-11-17(3-4-18(20)13-26-23)21-15-28-31(2)22(21)16-33/h3-6,11-15,33H,7-10,16H2,1-2H3,(H,26,29,34). The van der Waals surface area contributed by atoms with Crippen molar-refractivity contribution in [3.8, 4) is 11.1 Å². The number of carbonyl (C=O) groups excluding carboxylic acids is 1. The SMILES string of the molecule is CN1CCN(c2ccc(C(=O)Nc3cc4cc(-c5cnn(C)c5CO)ccc4cn3)cn2)CC1. The normalized spacial score (nSPS) is 14.5. The maximum Gasteiger partial charge on any atom is 0.258 e. The third-order valence-electron chi connectivity index (χ3n) is 6.32. The summed E-state index contributed by atoms with van der Waals surface area (Å²) in [5.41, 5.74) is 3.04. The van der Waals surface area contributed by atoms with E-state index in [9.17, 15) is 9.90 Å². The smallest absolute Gasteiger partial charge is 0.258 e. The zero-order valence-electron chi connectivity index (χ0n) is 19.3. The molecule has 9 nitrogen and oxygen atoms in total. The summed E-state index contributed by atoms with van der Waals surface area (Å²) in [7, 11) is 3.92.